The molecule has 0 saturated heterocycles. The quantitative estimate of drug-likeness (QED) is 0.289. The summed E-state index contributed by atoms with van der Waals surface area (Å²) in [6, 6.07) is 11.2. The number of anilines is 1. The third kappa shape index (κ3) is 7.11. The van der Waals surface area contributed by atoms with Crippen LogP contribution in [0.2, 0.25) is 0 Å². The molecule has 0 spiro atoms. The number of nitrogens with one attached hydrogen (secondary N) is 2. The van der Waals surface area contributed by atoms with E-state index >= 15 is 0 Å². The first kappa shape index (κ1) is 21.6. The Bertz CT molecular complexity index is 885. The van der Waals surface area contributed by atoms with Gasteiger partial charge in [-0.2, -0.15) is 0 Å². The zero-order valence-corrected chi connectivity index (χ0v) is 15.7. The number of rotatable bonds is 8. The number of carbonyl (C=O) groups is 3. The summed E-state index contributed by atoms with van der Waals surface area (Å²) < 4.78 is 9.56. The molecule has 0 heterocycles. The Balaban J connectivity index is 1.73. The number of carbonyl (C=O) groups excluding carboxylic acids is 3. The molecule has 0 aromatic heterocycles. The highest BCUT2D eigenvalue weighted by atomic mass is 35.5. The van der Waals surface area contributed by atoms with Gasteiger partial charge in [0.2, 0.25) is 5.91 Å². The van der Waals surface area contributed by atoms with Crippen LogP contribution in [-0.4, -0.2) is 35.5 Å². The normalized spacial score (nSPS) is 9.97. The second-order valence-corrected chi connectivity index (χ2v) is 5.74. The summed E-state index contributed by atoms with van der Waals surface area (Å²) in [5, 5.41) is 15.4. The number of benzene rings is 2. The van der Waals surface area contributed by atoms with Crippen LogP contribution in [-0.2, 0) is 20.9 Å². The van der Waals surface area contributed by atoms with Crippen LogP contribution in [0.5, 0.6) is 0 Å². The van der Waals surface area contributed by atoms with E-state index in [2.05, 4.69) is 15.4 Å². The van der Waals surface area contributed by atoms with E-state index in [1.54, 1.807) is 0 Å². The van der Waals surface area contributed by atoms with Gasteiger partial charge in [-0.25, -0.2) is 9.59 Å². The molecule has 0 aliphatic heterocycles. The monoisotopic (exact) mass is 421 g/mol. The molecule has 2 aromatic rings. The Kier molecular flexibility index (Phi) is 7.92. The van der Waals surface area contributed by atoms with E-state index in [-0.39, 0.29) is 30.5 Å². The van der Waals surface area contributed by atoms with E-state index < -0.39 is 22.9 Å². The smallest absolute Gasteiger partial charge is 0.407 e. The zero-order valence-electron chi connectivity index (χ0n) is 14.9. The van der Waals surface area contributed by atoms with E-state index in [1.807, 2.05) is 0 Å². The molecule has 2 rings (SSSR count). The predicted octanol–water partition coefficient (Wildman–Crippen LogP) is 2.81. The van der Waals surface area contributed by atoms with Crippen molar-refractivity contribution in [1.29, 1.82) is 0 Å². The van der Waals surface area contributed by atoms with Gasteiger partial charge in [0.1, 0.15) is 13.2 Å². The molecule has 0 fully saturated rings. The maximum Gasteiger partial charge on any atom is 0.407 e. The van der Waals surface area contributed by atoms with E-state index in [1.165, 1.54) is 48.5 Å². The third-order valence-corrected chi connectivity index (χ3v) is 3.61. The summed E-state index contributed by atoms with van der Waals surface area (Å²) in [7, 11) is 0. The van der Waals surface area contributed by atoms with Crippen molar-refractivity contribution in [3.05, 3.63) is 69.8 Å². The SMILES string of the molecule is O=C(CNC(=O)OCc1ccc([N+](=O)[O-])cc1)Nc1ccc(C(=O)OCCl)cc1. The average molecular weight is 422 g/mol. The van der Waals surface area contributed by atoms with Gasteiger partial charge in [0.05, 0.1) is 10.5 Å². The molecule has 29 heavy (non-hydrogen) atoms. The van der Waals surface area contributed by atoms with Gasteiger partial charge in [0, 0.05) is 17.8 Å². The van der Waals surface area contributed by atoms with Crippen molar-refractivity contribution in [2.75, 3.05) is 17.9 Å². The molecule has 0 unspecified atom stereocenters. The van der Waals surface area contributed by atoms with Crippen LogP contribution in [0.1, 0.15) is 15.9 Å². The molecular weight excluding hydrogens is 406 g/mol. The summed E-state index contributed by atoms with van der Waals surface area (Å²) in [4.78, 5) is 45.0. The molecule has 10 nitrogen and oxygen atoms in total. The first-order valence-corrected chi connectivity index (χ1v) is 8.69. The lowest BCUT2D eigenvalue weighted by molar-refractivity contribution is -0.384. The number of non-ortho nitro benzene ring substituents is 1. The second kappa shape index (κ2) is 10.6. The average Bonchev–Trinajstić information content (AvgIpc) is 2.71. The van der Waals surface area contributed by atoms with Crippen LogP contribution in [0, 0.1) is 10.1 Å². The lowest BCUT2D eigenvalue weighted by Gasteiger charge is -2.08. The second-order valence-electron chi connectivity index (χ2n) is 5.52. The first-order chi connectivity index (χ1) is 13.9. The summed E-state index contributed by atoms with van der Waals surface area (Å²) >= 11 is 5.31. The van der Waals surface area contributed by atoms with Crippen molar-refractivity contribution in [1.82, 2.24) is 5.32 Å². The largest absolute Gasteiger partial charge is 0.446 e. The van der Waals surface area contributed by atoms with Gasteiger partial charge >= 0.3 is 12.1 Å². The highest BCUT2D eigenvalue weighted by Gasteiger charge is 2.10. The Hall–Kier alpha value is -3.66. The molecular formula is C18H16ClN3O7. The molecule has 152 valence electrons. The topological polar surface area (TPSA) is 137 Å². The fourth-order valence-electron chi connectivity index (χ4n) is 2.09. The van der Waals surface area contributed by atoms with Crippen molar-refractivity contribution < 1.29 is 28.8 Å². The summed E-state index contributed by atoms with van der Waals surface area (Å²) in [5.74, 6) is -1.09. The minimum absolute atomic E-state index is 0.0705. The number of alkyl halides is 1. The standard InChI is InChI=1S/C18H16ClN3O7/c19-11-29-17(24)13-3-5-14(6-4-13)21-16(23)9-20-18(25)28-10-12-1-7-15(8-2-12)22(26)27/h1-8H,9-11H2,(H,20,25)(H,21,23). The van der Waals surface area contributed by atoms with Crippen LogP contribution >= 0.6 is 11.6 Å². The summed E-state index contributed by atoms with van der Waals surface area (Å²) in [5.41, 5.74) is 1.18. The van der Waals surface area contributed by atoms with Gasteiger partial charge in [0.25, 0.3) is 5.69 Å². The number of amides is 2. The van der Waals surface area contributed by atoms with Gasteiger partial charge < -0.3 is 20.1 Å². The number of nitro benzene ring substituents is 1. The van der Waals surface area contributed by atoms with Gasteiger partial charge in [-0.3, -0.25) is 14.9 Å². The molecule has 11 heteroatoms. The molecule has 0 saturated carbocycles. The number of halogens is 1. The highest BCUT2D eigenvalue weighted by Crippen LogP contribution is 2.13. The molecule has 0 radical (unpaired) electrons. The van der Waals surface area contributed by atoms with Crippen LogP contribution in [0.15, 0.2) is 48.5 Å². The molecule has 0 atom stereocenters. The number of alkyl carbamates (subject to hydrolysis) is 1. The van der Waals surface area contributed by atoms with Crippen molar-refractivity contribution in [3.63, 3.8) is 0 Å². The third-order valence-electron chi connectivity index (χ3n) is 3.50. The molecule has 2 aromatic carbocycles. The number of nitro groups is 1. The van der Waals surface area contributed by atoms with E-state index in [0.29, 0.717) is 11.3 Å². The highest BCUT2D eigenvalue weighted by molar-refractivity contribution is 6.17. The van der Waals surface area contributed by atoms with Crippen LogP contribution in [0.3, 0.4) is 0 Å². The lowest BCUT2D eigenvalue weighted by Crippen LogP contribution is -2.33. The van der Waals surface area contributed by atoms with E-state index in [0.717, 1.165) is 0 Å². The van der Waals surface area contributed by atoms with Crippen molar-refractivity contribution >= 4 is 40.9 Å². The van der Waals surface area contributed by atoms with Gasteiger partial charge in [-0.1, -0.05) is 11.6 Å². The van der Waals surface area contributed by atoms with E-state index in [4.69, 9.17) is 16.3 Å². The van der Waals surface area contributed by atoms with Crippen LogP contribution in [0.25, 0.3) is 0 Å². The minimum atomic E-state index is -0.822. The van der Waals surface area contributed by atoms with Crippen LogP contribution < -0.4 is 10.6 Å². The van der Waals surface area contributed by atoms with Crippen molar-refractivity contribution in [2.24, 2.45) is 0 Å². The number of hydrogen-bond acceptors (Lipinski definition) is 7. The molecule has 0 bridgehead atoms. The van der Waals surface area contributed by atoms with E-state index in [9.17, 15) is 24.5 Å². The Labute approximate surface area is 169 Å². The zero-order chi connectivity index (χ0) is 21.2. The molecule has 2 amide bonds. The van der Waals surface area contributed by atoms with Gasteiger partial charge in [-0.05, 0) is 42.0 Å². The molecule has 0 aliphatic rings. The maximum absolute atomic E-state index is 11.9. The fourth-order valence-corrected chi connectivity index (χ4v) is 2.19. The number of nitrogens with zero attached hydrogens (tertiary/aromatic N) is 1. The minimum Gasteiger partial charge on any atom is -0.446 e. The van der Waals surface area contributed by atoms with Gasteiger partial charge in [0.15, 0.2) is 6.07 Å². The predicted molar refractivity (Wildman–Crippen MR) is 102 cm³/mol. The Morgan fingerprint density at radius 3 is 2.24 bits per heavy atom. The summed E-state index contributed by atoms with van der Waals surface area (Å²) in [6.07, 6.45) is -0.822. The maximum atomic E-state index is 11.9. The first-order valence-electron chi connectivity index (χ1n) is 8.16. The van der Waals surface area contributed by atoms with Gasteiger partial charge in [-0.15, -0.1) is 0 Å². The Morgan fingerprint density at radius 2 is 1.66 bits per heavy atom. The fraction of sp³-hybridized carbons (Fsp3) is 0.167. The number of esters is 1. The number of ether oxygens (including phenoxy) is 2. The van der Waals surface area contributed by atoms with Crippen molar-refractivity contribution in [3.8, 4) is 0 Å². The van der Waals surface area contributed by atoms with Crippen molar-refractivity contribution in [2.45, 2.75) is 6.61 Å². The Morgan fingerprint density at radius 1 is 1.00 bits per heavy atom. The number of hydrogen-bond donors (Lipinski definition) is 2. The van der Waals surface area contributed by atoms with Crippen LogP contribution in [0.4, 0.5) is 16.2 Å². The summed E-state index contributed by atoms with van der Waals surface area (Å²) in [6.45, 7) is -0.444. The lowest BCUT2D eigenvalue weighted by atomic mass is 10.2. The molecule has 2 N–H and O–H groups in total. The molecule has 0 aliphatic carbocycles.